The molecule has 6 heteroatoms. The molecule has 3 aromatic heterocycles. The van der Waals surface area contributed by atoms with Crippen molar-refractivity contribution in [3.63, 3.8) is 0 Å². The molecule has 10 aromatic rings. The SMILES string of the molecule is N#Cc1cccc(-c2cccc(-c3nc(-c4ccc5c(c4)oc4cccc(-c6ccccc6)c45)nc(-c4ccc5c(c4)sc4ccccc45)n3)c2)c1. The molecule has 52 heavy (non-hydrogen) atoms. The van der Waals surface area contributed by atoms with Crippen LogP contribution in [0.25, 0.3) is 98.5 Å². The molecule has 0 unspecified atom stereocenters. The molecule has 242 valence electrons. The van der Waals surface area contributed by atoms with Gasteiger partial charge < -0.3 is 4.42 Å². The summed E-state index contributed by atoms with van der Waals surface area (Å²) in [7, 11) is 0. The summed E-state index contributed by atoms with van der Waals surface area (Å²) < 4.78 is 8.90. The Hall–Kier alpha value is -6.94. The molecule has 0 N–H and O–H groups in total. The van der Waals surface area contributed by atoms with E-state index in [0.717, 1.165) is 60.9 Å². The van der Waals surface area contributed by atoms with Gasteiger partial charge in [-0.05, 0) is 70.8 Å². The van der Waals surface area contributed by atoms with Crippen LogP contribution in [0.5, 0.6) is 0 Å². The van der Waals surface area contributed by atoms with Crippen molar-refractivity contribution in [1.29, 1.82) is 5.26 Å². The quantitative estimate of drug-likeness (QED) is 0.181. The largest absolute Gasteiger partial charge is 0.456 e. The predicted octanol–water partition coefficient (Wildman–Crippen LogP) is 12.3. The molecule has 0 saturated heterocycles. The summed E-state index contributed by atoms with van der Waals surface area (Å²) in [5.41, 5.74) is 9.02. The van der Waals surface area contributed by atoms with Gasteiger partial charge in [-0.1, -0.05) is 109 Å². The van der Waals surface area contributed by atoms with Crippen LogP contribution >= 0.6 is 11.3 Å². The van der Waals surface area contributed by atoms with Crippen molar-refractivity contribution in [2.24, 2.45) is 0 Å². The molecule has 0 saturated carbocycles. The van der Waals surface area contributed by atoms with Crippen molar-refractivity contribution in [1.82, 2.24) is 15.0 Å². The molecule has 0 aliphatic heterocycles. The van der Waals surface area contributed by atoms with Crippen LogP contribution in [0.3, 0.4) is 0 Å². The van der Waals surface area contributed by atoms with Crippen molar-refractivity contribution >= 4 is 53.4 Å². The molecule has 0 aliphatic carbocycles. The summed E-state index contributed by atoms with van der Waals surface area (Å²) in [4.78, 5) is 15.2. The molecule has 0 atom stereocenters. The fourth-order valence-corrected chi connectivity index (χ4v) is 8.20. The molecule has 0 fully saturated rings. The summed E-state index contributed by atoms with van der Waals surface area (Å²) in [6.07, 6.45) is 0. The highest BCUT2D eigenvalue weighted by molar-refractivity contribution is 7.25. The Bertz CT molecular complexity index is 3050. The van der Waals surface area contributed by atoms with E-state index in [2.05, 4.69) is 97.1 Å². The number of hydrogen-bond donors (Lipinski definition) is 0. The van der Waals surface area contributed by atoms with E-state index in [1.165, 1.54) is 20.2 Å². The smallest absolute Gasteiger partial charge is 0.164 e. The molecule has 3 heterocycles. The third-order valence-corrected chi connectivity index (χ3v) is 10.7. The number of thiophene rings is 1. The highest BCUT2D eigenvalue weighted by atomic mass is 32.1. The maximum atomic E-state index is 9.52. The number of hydrogen-bond acceptors (Lipinski definition) is 6. The maximum absolute atomic E-state index is 9.52. The van der Waals surface area contributed by atoms with E-state index in [0.29, 0.717) is 23.0 Å². The van der Waals surface area contributed by atoms with Crippen LogP contribution in [0.4, 0.5) is 0 Å². The Balaban J connectivity index is 1.15. The lowest BCUT2D eigenvalue weighted by Crippen LogP contribution is -2.00. The van der Waals surface area contributed by atoms with Crippen LogP contribution in [0.15, 0.2) is 162 Å². The molecule has 0 spiro atoms. The molecule has 10 rings (SSSR count). The van der Waals surface area contributed by atoms with Crippen LogP contribution in [-0.2, 0) is 0 Å². The van der Waals surface area contributed by atoms with Crippen LogP contribution in [0.2, 0.25) is 0 Å². The maximum Gasteiger partial charge on any atom is 0.164 e. The number of nitrogens with zero attached hydrogens (tertiary/aromatic N) is 4. The monoisotopic (exact) mass is 682 g/mol. The third kappa shape index (κ3) is 5.11. The second kappa shape index (κ2) is 12.1. The molecule has 0 bridgehead atoms. The number of fused-ring (bicyclic) bond motifs is 6. The zero-order chi connectivity index (χ0) is 34.6. The molecule has 0 amide bonds. The van der Waals surface area contributed by atoms with Gasteiger partial charge in [-0.2, -0.15) is 5.26 Å². The third-order valence-electron chi connectivity index (χ3n) is 9.56. The van der Waals surface area contributed by atoms with Gasteiger partial charge in [-0.3, -0.25) is 0 Å². The first-order valence-corrected chi connectivity index (χ1v) is 17.8. The summed E-state index contributed by atoms with van der Waals surface area (Å²) in [6.45, 7) is 0. The summed E-state index contributed by atoms with van der Waals surface area (Å²) in [5.74, 6) is 1.71. The summed E-state index contributed by atoms with van der Waals surface area (Å²) in [6, 6.07) is 55.8. The minimum atomic E-state index is 0.555. The first-order valence-electron chi connectivity index (χ1n) is 17.0. The van der Waals surface area contributed by atoms with E-state index in [4.69, 9.17) is 19.4 Å². The lowest BCUT2D eigenvalue weighted by Gasteiger charge is -2.10. The minimum absolute atomic E-state index is 0.555. The van der Waals surface area contributed by atoms with E-state index >= 15 is 0 Å². The number of benzene rings is 7. The highest BCUT2D eigenvalue weighted by Crippen LogP contribution is 2.39. The van der Waals surface area contributed by atoms with Crippen molar-refractivity contribution < 1.29 is 4.42 Å². The highest BCUT2D eigenvalue weighted by Gasteiger charge is 2.18. The number of aromatic nitrogens is 3. The average Bonchev–Trinajstić information content (AvgIpc) is 3.79. The summed E-state index contributed by atoms with van der Waals surface area (Å²) >= 11 is 1.77. The fourth-order valence-electron chi connectivity index (χ4n) is 7.06. The minimum Gasteiger partial charge on any atom is -0.456 e. The number of rotatable bonds is 5. The second-order valence-corrected chi connectivity index (χ2v) is 13.8. The van der Waals surface area contributed by atoms with Gasteiger partial charge in [0.2, 0.25) is 0 Å². The van der Waals surface area contributed by atoms with Gasteiger partial charge in [0.25, 0.3) is 0 Å². The lowest BCUT2D eigenvalue weighted by molar-refractivity contribution is 0.669. The van der Waals surface area contributed by atoms with Crippen molar-refractivity contribution in [3.8, 4) is 62.5 Å². The number of nitriles is 1. The molecule has 0 aliphatic rings. The zero-order valence-corrected chi connectivity index (χ0v) is 28.4. The normalized spacial score (nSPS) is 11.4. The molecule has 7 aromatic carbocycles. The molecule has 0 radical (unpaired) electrons. The first-order chi connectivity index (χ1) is 25.7. The van der Waals surface area contributed by atoms with Gasteiger partial charge in [-0.25, -0.2) is 15.0 Å². The average molecular weight is 683 g/mol. The zero-order valence-electron chi connectivity index (χ0n) is 27.6. The van der Waals surface area contributed by atoms with Gasteiger partial charge in [0, 0.05) is 47.6 Å². The number of furan rings is 1. The standard InChI is InChI=1S/C46H26N4OS/c47-27-28-9-6-12-30(23-28)31-13-7-14-32(24-31)44-48-45(50-46(49-44)34-19-21-37-36-15-4-5-18-41(36)52-42(37)26-34)33-20-22-38-40(25-33)51-39-17-8-16-35(43(38)39)29-10-2-1-3-11-29/h1-26H. The van der Waals surface area contributed by atoms with Gasteiger partial charge in [0.1, 0.15) is 11.2 Å². The van der Waals surface area contributed by atoms with Gasteiger partial charge >= 0.3 is 0 Å². The predicted molar refractivity (Wildman–Crippen MR) is 212 cm³/mol. The topological polar surface area (TPSA) is 75.6 Å². The molecular weight excluding hydrogens is 657 g/mol. The van der Waals surface area contributed by atoms with Crippen molar-refractivity contribution in [2.45, 2.75) is 0 Å². The molecule has 5 nitrogen and oxygen atoms in total. The Morgan fingerprint density at radius 1 is 0.442 bits per heavy atom. The van der Waals surface area contributed by atoms with E-state index in [1.807, 2.05) is 66.7 Å². The van der Waals surface area contributed by atoms with E-state index in [-0.39, 0.29) is 0 Å². The van der Waals surface area contributed by atoms with Crippen molar-refractivity contribution in [2.75, 3.05) is 0 Å². The summed E-state index contributed by atoms with van der Waals surface area (Å²) in [5, 5.41) is 14.1. The van der Waals surface area contributed by atoms with Crippen LogP contribution < -0.4 is 0 Å². The van der Waals surface area contributed by atoms with Crippen molar-refractivity contribution in [3.05, 3.63) is 163 Å². The van der Waals surface area contributed by atoms with Crippen LogP contribution in [-0.4, -0.2) is 15.0 Å². The van der Waals surface area contributed by atoms with Crippen LogP contribution in [0, 0.1) is 11.3 Å². The molecular formula is C46H26N4OS. The Morgan fingerprint density at radius 3 is 1.87 bits per heavy atom. The second-order valence-electron chi connectivity index (χ2n) is 12.7. The lowest BCUT2D eigenvalue weighted by atomic mass is 9.99. The van der Waals surface area contributed by atoms with E-state index in [9.17, 15) is 5.26 Å². The fraction of sp³-hybridized carbons (Fsp3) is 0. The van der Waals surface area contributed by atoms with E-state index < -0.39 is 0 Å². The first kappa shape index (κ1) is 29.9. The Kier molecular flexibility index (Phi) is 6.98. The Morgan fingerprint density at radius 2 is 1.06 bits per heavy atom. The van der Waals surface area contributed by atoms with Gasteiger partial charge in [0.05, 0.1) is 11.6 Å². The Labute approximate surface area is 302 Å². The van der Waals surface area contributed by atoms with E-state index in [1.54, 1.807) is 11.3 Å². The van der Waals surface area contributed by atoms with Gasteiger partial charge in [-0.15, -0.1) is 11.3 Å². The van der Waals surface area contributed by atoms with Gasteiger partial charge in [0.15, 0.2) is 17.5 Å². The van der Waals surface area contributed by atoms with Crippen LogP contribution in [0.1, 0.15) is 5.56 Å².